The molecule has 2 aromatic carbocycles. The van der Waals surface area contributed by atoms with Gasteiger partial charge in [-0.3, -0.25) is 9.48 Å². The molecule has 0 aliphatic carbocycles. The van der Waals surface area contributed by atoms with Gasteiger partial charge in [-0.2, -0.15) is 5.10 Å². The first-order valence-electron chi connectivity index (χ1n) is 9.63. The summed E-state index contributed by atoms with van der Waals surface area (Å²) in [6, 6.07) is 13.6. The lowest BCUT2D eigenvalue weighted by Gasteiger charge is -2.11. The summed E-state index contributed by atoms with van der Waals surface area (Å²) in [5.74, 6) is -0.284. The van der Waals surface area contributed by atoms with Crippen LogP contribution in [0.5, 0.6) is 0 Å². The lowest BCUT2D eigenvalue weighted by atomic mass is 10.1. The van der Waals surface area contributed by atoms with E-state index >= 15 is 0 Å². The number of ketones is 1. The van der Waals surface area contributed by atoms with Gasteiger partial charge >= 0.3 is 0 Å². The first-order chi connectivity index (χ1) is 14.6. The van der Waals surface area contributed by atoms with Gasteiger partial charge < -0.3 is 0 Å². The van der Waals surface area contributed by atoms with E-state index < -0.39 is 10.0 Å². The molecular weight excluding hydrogens is 434 g/mol. The Kier molecular flexibility index (Phi) is 6.79. The van der Waals surface area contributed by atoms with Crippen LogP contribution in [0.1, 0.15) is 32.9 Å². The maximum Gasteiger partial charge on any atom is 0.242 e. The van der Waals surface area contributed by atoms with E-state index in [1.165, 1.54) is 32.3 Å². The largest absolute Gasteiger partial charge is 0.289 e. The van der Waals surface area contributed by atoms with Crippen molar-refractivity contribution in [3.05, 3.63) is 87.7 Å². The second-order valence-electron chi connectivity index (χ2n) is 7.35. The third-order valence-corrected chi connectivity index (χ3v) is 7.19. The van der Waals surface area contributed by atoms with Crippen molar-refractivity contribution in [3.63, 3.8) is 0 Å². The molecule has 0 atom stereocenters. The molecule has 0 amide bonds. The lowest BCUT2D eigenvalue weighted by molar-refractivity contribution is 0.104. The van der Waals surface area contributed by atoms with Crippen LogP contribution >= 0.6 is 11.6 Å². The van der Waals surface area contributed by atoms with Crippen LogP contribution in [-0.2, 0) is 16.6 Å². The minimum absolute atomic E-state index is 0.0803. The molecule has 0 aliphatic heterocycles. The Bertz CT molecular complexity index is 1260. The number of sulfonamides is 1. The van der Waals surface area contributed by atoms with Crippen LogP contribution in [0.3, 0.4) is 0 Å². The molecular formula is C23H24ClN3O3S. The maximum atomic E-state index is 12.7. The summed E-state index contributed by atoms with van der Waals surface area (Å²) in [6.07, 6.45) is 3.16. The van der Waals surface area contributed by atoms with Gasteiger partial charge in [0.15, 0.2) is 5.78 Å². The SMILES string of the molecule is Cc1nn(Cc2ccccc2Cl)c(C)c1/C=C/C(=O)c1cccc(S(=O)(=O)N(C)C)c1. The van der Waals surface area contributed by atoms with Crippen molar-refractivity contribution in [2.45, 2.75) is 25.3 Å². The molecule has 3 rings (SSSR count). The summed E-state index contributed by atoms with van der Waals surface area (Å²) >= 11 is 6.26. The molecule has 3 aromatic rings. The normalized spacial score (nSPS) is 12.1. The Balaban J connectivity index is 1.85. The van der Waals surface area contributed by atoms with Crippen molar-refractivity contribution in [2.75, 3.05) is 14.1 Å². The number of carbonyl (C=O) groups excluding carboxylic acids is 1. The number of hydrogen-bond acceptors (Lipinski definition) is 4. The van der Waals surface area contributed by atoms with Gasteiger partial charge in [0.2, 0.25) is 10.0 Å². The van der Waals surface area contributed by atoms with E-state index in [1.54, 1.807) is 18.2 Å². The zero-order chi connectivity index (χ0) is 22.8. The van der Waals surface area contributed by atoms with Gasteiger partial charge in [-0.25, -0.2) is 12.7 Å². The van der Waals surface area contributed by atoms with E-state index in [4.69, 9.17) is 11.6 Å². The molecule has 0 unspecified atom stereocenters. The van der Waals surface area contributed by atoms with Crippen molar-refractivity contribution >= 4 is 33.5 Å². The summed E-state index contributed by atoms with van der Waals surface area (Å²) in [5.41, 5.74) is 3.80. The van der Waals surface area contributed by atoms with Gasteiger partial charge in [0.05, 0.1) is 17.1 Å². The zero-order valence-electron chi connectivity index (χ0n) is 17.8. The highest BCUT2D eigenvalue weighted by molar-refractivity contribution is 7.89. The molecule has 6 nitrogen and oxygen atoms in total. The molecule has 8 heteroatoms. The number of benzene rings is 2. The molecule has 0 bridgehead atoms. The highest BCUT2D eigenvalue weighted by Crippen LogP contribution is 2.21. The van der Waals surface area contributed by atoms with Crippen LogP contribution in [0.2, 0.25) is 5.02 Å². The fraction of sp³-hybridized carbons (Fsp3) is 0.217. The Labute approximate surface area is 187 Å². The third kappa shape index (κ3) is 4.95. The average molecular weight is 458 g/mol. The molecule has 1 aromatic heterocycles. The molecule has 0 spiro atoms. The first kappa shape index (κ1) is 22.9. The Morgan fingerprint density at radius 2 is 1.84 bits per heavy atom. The summed E-state index contributed by atoms with van der Waals surface area (Å²) in [6.45, 7) is 4.34. The lowest BCUT2D eigenvalue weighted by Crippen LogP contribution is -2.22. The standard InChI is InChI=1S/C23H24ClN3O3S/c1-16-21(17(2)27(25-16)15-19-8-5-6-11-22(19)24)12-13-23(28)18-9-7-10-20(14-18)31(29,30)26(3)4/h5-14H,15H2,1-4H3/b13-12+. The van der Waals surface area contributed by atoms with Gasteiger partial charge in [-0.05, 0) is 49.8 Å². The van der Waals surface area contributed by atoms with Crippen molar-refractivity contribution < 1.29 is 13.2 Å². The summed E-state index contributed by atoms with van der Waals surface area (Å²) in [5, 5.41) is 5.25. The van der Waals surface area contributed by atoms with Gasteiger partial charge in [0, 0.05) is 35.9 Å². The van der Waals surface area contributed by atoms with E-state index in [-0.39, 0.29) is 10.7 Å². The fourth-order valence-corrected chi connectivity index (χ4v) is 4.31. The predicted molar refractivity (Wildman–Crippen MR) is 123 cm³/mol. The first-order valence-corrected chi connectivity index (χ1v) is 11.5. The van der Waals surface area contributed by atoms with Crippen molar-refractivity contribution in [3.8, 4) is 0 Å². The summed E-state index contributed by atoms with van der Waals surface area (Å²) in [7, 11) is -0.703. The van der Waals surface area contributed by atoms with Crippen LogP contribution in [0.4, 0.5) is 0 Å². The molecule has 0 saturated heterocycles. The molecule has 1 heterocycles. The number of aromatic nitrogens is 2. The number of nitrogens with zero attached hydrogens (tertiary/aromatic N) is 3. The third-order valence-electron chi connectivity index (χ3n) is 5.01. The Hall–Kier alpha value is -2.74. The van der Waals surface area contributed by atoms with E-state index in [0.29, 0.717) is 17.1 Å². The molecule has 0 saturated carbocycles. The molecule has 0 N–H and O–H groups in total. The van der Waals surface area contributed by atoms with Gasteiger partial charge in [-0.15, -0.1) is 0 Å². The Morgan fingerprint density at radius 3 is 2.52 bits per heavy atom. The highest BCUT2D eigenvalue weighted by atomic mass is 35.5. The highest BCUT2D eigenvalue weighted by Gasteiger charge is 2.18. The van der Waals surface area contributed by atoms with Crippen LogP contribution in [0, 0.1) is 13.8 Å². The average Bonchev–Trinajstić information content (AvgIpc) is 3.00. The minimum atomic E-state index is -3.61. The summed E-state index contributed by atoms with van der Waals surface area (Å²) in [4.78, 5) is 12.8. The van der Waals surface area contributed by atoms with E-state index in [9.17, 15) is 13.2 Å². The van der Waals surface area contributed by atoms with Crippen molar-refractivity contribution in [1.82, 2.24) is 14.1 Å². The minimum Gasteiger partial charge on any atom is -0.289 e. The van der Waals surface area contributed by atoms with E-state index in [2.05, 4.69) is 5.10 Å². The topological polar surface area (TPSA) is 72.3 Å². The number of carbonyl (C=O) groups is 1. The van der Waals surface area contributed by atoms with Crippen LogP contribution in [-0.4, -0.2) is 42.4 Å². The number of halogens is 1. The van der Waals surface area contributed by atoms with E-state index in [0.717, 1.165) is 26.8 Å². The fourth-order valence-electron chi connectivity index (χ4n) is 3.17. The number of hydrogen-bond donors (Lipinski definition) is 0. The predicted octanol–water partition coefficient (Wildman–Crippen LogP) is 4.35. The number of aryl methyl sites for hydroxylation is 1. The van der Waals surface area contributed by atoms with Gasteiger partial charge in [0.1, 0.15) is 0 Å². The zero-order valence-corrected chi connectivity index (χ0v) is 19.4. The second-order valence-corrected chi connectivity index (χ2v) is 9.91. The van der Waals surface area contributed by atoms with Crippen molar-refractivity contribution in [1.29, 1.82) is 0 Å². The molecule has 162 valence electrons. The van der Waals surface area contributed by atoms with Crippen LogP contribution in [0.15, 0.2) is 59.5 Å². The monoisotopic (exact) mass is 457 g/mol. The number of allylic oxidation sites excluding steroid dienone is 1. The van der Waals surface area contributed by atoms with Crippen LogP contribution < -0.4 is 0 Å². The summed E-state index contributed by atoms with van der Waals surface area (Å²) < 4.78 is 27.6. The molecule has 31 heavy (non-hydrogen) atoms. The second kappa shape index (κ2) is 9.18. The molecule has 0 aliphatic rings. The maximum absolute atomic E-state index is 12.7. The van der Waals surface area contributed by atoms with E-state index in [1.807, 2.05) is 42.8 Å². The quantitative estimate of drug-likeness (QED) is 0.390. The number of rotatable bonds is 7. The molecule has 0 fully saturated rings. The molecule has 0 radical (unpaired) electrons. The van der Waals surface area contributed by atoms with Gasteiger partial charge in [-0.1, -0.05) is 41.9 Å². The van der Waals surface area contributed by atoms with Gasteiger partial charge in [0.25, 0.3) is 0 Å². The Morgan fingerprint density at radius 1 is 1.13 bits per heavy atom. The smallest absolute Gasteiger partial charge is 0.242 e. The van der Waals surface area contributed by atoms with Crippen molar-refractivity contribution in [2.24, 2.45) is 0 Å². The van der Waals surface area contributed by atoms with Crippen LogP contribution in [0.25, 0.3) is 6.08 Å².